The third kappa shape index (κ3) is 8.90. The number of carbonyl (C=O) groups is 1. The number of likely N-dealkylation sites (N-methyl/N-ethyl adjacent to an activating group) is 1. The molecule has 1 unspecified atom stereocenters. The largest absolute Gasteiger partial charge is 0.491 e. The fourth-order valence-electron chi connectivity index (χ4n) is 2.47. The molecule has 0 aliphatic carbocycles. The van der Waals surface area contributed by atoms with Gasteiger partial charge in [-0.2, -0.15) is 8.42 Å². The van der Waals surface area contributed by atoms with Gasteiger partial charge in [0.15, 0.2) is 0 Å². The van der Waals surface area contributed by atoms with Gasteiger partial charge in [0.05, 0.1) is 11.4 Å². The number of nitrogens with zero attached hydrogens (tertiary/aromatic N) is 1. The topological polar surface area (TPSA) is 82.1 Å². The summed E-state index contributed by atoms with van der Waals surface area (Å²) in [7, 11) is -2.63. The van der Waals surface area contributed by atoms with E-state index in [0.717, 1.165) is 4.47 Å². The molecule has 176 valence electrons. The molecule has 0 aliphatic rings. The Labute approximate surface area is 210 Å². The van der Waals surface area contributed by atoms with Gasteiger partial charge in [0.1, 0.15) is 24.1 Å². The first-order chi connectivity index (χ1) is 14.7. The van der Waals surface area contributed by atoms with Crippen LogP contribution >= 0.6 is 43.5 Å². The van der Waals surface area contributed by atoms with Gasteiger partial charge < -0.3 is 14.4 Å². The first kappa shape index (κ1) is 26.9. The molecule has 0 radical (unpaired) electrons. The van der Waals surface area contributed by atoms with Gasteiger partial charge in [0.2, 0.25) is 0 Å². The molecule has 0 saturated heterocycles. The van der Waals surface area contributed by atoms with E-state index in [-0.39, 0.29) is 18.0 Å². The third-order valence-electron chi connectivity index (χ3n) is 3.82. The van der Waals surface area contributed by atoms with Gasteiger partial charge in [-0.3, -0.25) is 4.18 Å². The van der Waals surface area contributed by atoms with E-state index in [1.165, 1.54) is 24.1 Å². The third-order valence-corrected chi connectivity index (χ3v) is 6.40. The van der Waals surface area contributed by atoms with Crippen LogP contribution in [0.25, 0.3) is 0 Å². The van der Waals surface area contributed by atoms with Gasteiger partial charge in [-0.15, -0.1) is 0 Å². The number of hydrogen-bond acceptors (Lipinski definition) is 6. The molecular formula is C21H24Br2ClNO6S. The van der Waals surface area contributed by atoms with Crippen molar-refractivity contribution in [1.82, 2.24) is 4.90 Å². The Morgan fingerprint density at radius 2 is 1.72 bits per heavy atom. The molecule has 0 aromatic heterocycles. The van der Waals surface area contributed by atoms with Crippen molar-refractivity contribution in [1.29, 1.82) is 0 Å². The van der Waals surface area contributed by atoms with E-state index in [9.17, 15) is 13.2 Å². The lowest BCUT2D eigenvalue weighted by atomic mass is 10.2. The zero-order valence-electron chi connectivity index (χ0n) is 18.0. The Morgan fingerprint density at radius 3 is 2.28 bits per heavy atom. The fraction of sp³-hybridized carbons (Fsp3) is 0.381. The molecule has 11 heteroatoms. The minimum absolute atomic E-state index is 0.0175. The lowest BCUT2D eigenvalue weighted by Crippen LogP contribution is -2.42. The molecule has 0 bridgehead atoms. The summed E-state index contributed by atoms with van der Waals surface area (Å²) in [5.41, 5.74) is -0.700. The van der Waals surface area contributed by atoms with Crippen molar-refractivity contribution in [2.45, 2.75) is 37.4 Å². The lowest BCUT2D eigenvalue weighted by Gasteiger charge is -2.27. The Hall–Kier alpha value is -1.33. The quantitative estimate of drug-likeness (QED) is 0.346. The van der Waals surface area contributed by atoms with Crippen LogP contribution in [-0.2, 0) is 19.0 Å². The summed E-state index contributed by atoms with van der Waals surface area (Å²) in [5, 5.41) is 0.445. The van der Waals surface area contributed by atoms with Crippen LogP contribution in [0.4, 0.5) is 4.79 Å². The number of amides is 1. The van der Waals surface area contributed by atoms with Crippen LogP contribution in [0.5, 0.6) is 5.75 Å². The summed E-state index contributed by atoms with van der Waals surface area (Å²) in [5.74, 6) is 0.416. The van der Waals surface area contributed by atoms with Gasteiger partial charge in [0.25, 0.3) is 10.1 Å². The first-order valence-corrected chi connectivity index (χ1v) is 12.8. The smallest absolute Gasteiger partial charge is 0.410 e. The normalized spacial score (nSPS) is 12.8. The second kappa shape index (κ2) is 11.2. The Bertz CT molecular complexity index is 1020. The zero-order chi connectivity index (χ0) is 24.1. The van der Waals surface area contributed by atoms with E-state index in [4.69, 9.17) is 25.3 Å². The van der Waals surface area contributed by atoms with E-state index >= 15 is 0 Å². The highest BCUT2D eigenvalue weighted by atomic mass is 79.9. The second-order valence-electron chi connectivity index (χ2n) is 7.90. The van der Waals surface area contributed by atoms with Crippen LogP contribution in [0.15, 0.2) is 56.3 Å². The van der Waals surface area contributed by atoms with Gasteiger partial charge in [-0.05, 0) is 63.2 Å². The summed E-state index contributed by atoms with van der Waals surface area (Å²) in [6, 6.07) is 11.0. The average molecular weight is 614 g/mol. The molecule has 0 spiro atoms. The molecule has 2 aromatic rings. The number of ether oxygens (including phenoxy) is 2. The maximum absolute atomic E-state index is 12.8. The van der Waals surface area contributed by atoms with E-state index in [1.807, 2.05) is 0 Å². The van der Waals surface area contributed by atoms with Crippen molar-refractivity contribution in [2.75, 3.05) is 20.2 Å². The number of benzene rings is 2. The summed E-state index contributed by atoms with van der Waals surface area (Å²) in [4.78, 5) is 13.6. The van der Waals surface area contributed by atoms with Crippen molar-refractivity contribution in [3.63, 3.8) is 0 Å². The Morgan fingerprint density at radius 1 is 1.09 bits per heavy atom. The molecule has 32 heavy (non-hydrogen) atoms. The van der Waals surface area contributed by atoms with Crippen LogP contribution < -0.4 is 4.74 Å². The van der Waals surface area contributed by atoms with Crippen LogP contribution in [0, 0.1) is 0 Å². The van der Waals surface area contributed by atoms with Crippen LogP contribution in [-0.4, -0.2) is 51.3 Å². The van der Waals surface area contributed by atoms with Crippen LogP contribution in [0.2, 0.25) is 5.02 Å². The predicted octanol–water partition coefficient (Wildman–Crippen LogP) is 5.88. The molecule has 0 heterocycles. The molecule has 2 aromatic carbocycles. The number of hydrogen-bond donors (Lipinski definition) is 0. The molecule has 2 rings (SSSR count). The fourth-order valence-corrected chi connectivity index (χ4v) is 4.62. The molecule has 1 amide bonds. The zero-order valence-corrected chi connectivity index (χ0v) is 22.7. The van der Waals surface area contributed by atoms with Crippen molar-refractivity contribution in [2.24, 2.45) is 0 Å². The van der Waals surface area contributed by atoms with Crippen LogP contribution in [0.1, 0.15) is 20.8 Å². The van der Waals surface area contributed by atoms with Crippen molar-refractivity contribution >= 4 is 59.7 Å². The van der Waals surface area contributed by atoms with Crippen molar-refractivity contribution < 1.29 is 26.9 Å². The van der Waals surface area contributed by atoms with Gasteiger partial charge in [0, 0.05) is 21.0 Å². The van der Waals surface area contributed by atoms with Gasteiger partial charge >= 0.3 is 6.09 Å². The van der Waals surface area contributed by atoms with E-state index in [0.29, 0.717) is 15.2 Å². The molecule has 7 nitrogen and oxygen atoms in total. The average Bonchev–Trinajstić information content (AvgIpc) is 2.64. The molecule has 0 fully saturated rings. The van der Waals surface area contributed by atoms with Gasteiger partial charge in [-0.1, -0.05) is 43.5 Å². The minimum atomic E-state index is -4.12. The maximum Gasteiger partial charge on any atom is 0.410 e. The summed E-state index contributed by atoms with van der Waals surface area (Å²) >= 11 is 12.6. The highest BCUT2D eigenvalue weighted by Gasteiger charge is 2.27. The second-order valence-corrected chi connectivity index (χ2v) is 11.7. The van der Waals surface area contributed by atoms with E-state index in [2.05, 4.69) is 31.9 Å². The standard InChI is InChI=1S/C21H24Br2ClNO6S/c1-21(2,3)30-20(26)25(4)12-18(13-29-17-10-15(23)9-16(24)11-17)31-32(27,28)19-7-5-14(22)6-8-19/h5-11,18H,12-13H2,1-4H3. The first-order valence-electron chi connectivity index (χ1n) is 9.47. The number of rotatable bonds is 8. The highest BCUT2D eigenvalue weighted by Crippen LogP contribution is 2.25. The number of carbonyl (C=O) groups excluding carboxylic acids is 1. The van der Waals surface area contributed by atoms with E-state index < -0.39 is 27.9 Å². The van der Waals surface area contributed by atoms with E-state index in [1.54, 1.807) is 51.1 Å². The summed E-state index contributed by atoms with van der Waals surface area (Å²) < 4.78 is 43.5. The highest BCUT2D eigenvalue weighted by molar-refractivity contribution is 9.10. The molecule has 0 aliphatic heterocycles. The minimum Gasteiger partial charge on any atom is -0.491 e. The summed E-state index contributed by atoms with van der Waals surface area (Å²) in [6.07, 6.45) is -1.63. The van der Waals surface area contributed by atoms with Crippen LogP contribution in [0.3, 0.4) is 0 Å². The SMILES string of the molecule is CN(CC(COc1cc(Cl)cc(Br)c1)OS(=O)(=O)c1ccc(Br)cc1)C(=O)OC(C)(C)C. The Kier molecular flexibility index (Phi) is 9.42. The number of halogens is 3. The maximum atomic E-state index is 12.8. The molecule has 1 atom stereocenters. The molecular weight excluding hydrogens is 590 g/mol. The summed E-state index contributed by atoms with van der Waals surface area (Å²) in [6.45, 7) is 4.97. The monoisotopic (exact) mass is 611 g/mol. The molecule has 0 N–H and O–H groups in total. The van der Waals surface area contributed by atoms with Crippen molar-refractivity contribution in [3.05, 3.63) is 56.4 Å². The predicted molar refractivity (Wildman–Crippen MR) is 130 cm³/mol. The van der Waals surface area contributed by atoms with Gasteiger partial charge in [-0.25, -0.2) is 4.79 Å². The molecule has 0 saturated carbocycles. The van der Waals surface area contributed by atoms with Crippen molar-refractivity contribution in [3.8, 4) is 5.75 Å². The lowest BCUT2D eigenvalue weighted by molar-refractivity contribution is 0.0194. The Balaban J connectivity index is 2.20.